The van der Waals surface area contributed by atoms with E-state index in [0.29, 0.717) is 6.61 Å². The van der Waals surface area contributed by atoms with E-state index in [0.717, 1.165) is 6.42 Å². The summed E-state index contributed by atoms with van der Waals surface area (Å²) >= 11 is 0. The highest BCUT2D eigenvalue weighted by Gasteiger charge is 2.52. The Balaban J connectivity index is 2.00. The van der Waals surface area contributed by atoms with Crippen LogP contribution in [0.15, 0.2) is 0 Å². The molecule has 24 heavy (non-hydrogen) atoms. The molecule has 1 saturated heterocycles. The minimum atomic E-state index is -0.768. The van der Waals surface area contributed by atoms with Crippen molar-refractivity contribution < 1.29 is 28.6 Å². The summed E-state index contributed by atoms with van der Waals surface area (Å²) in [6.45, 7) is 7.28. The summed E-state index contributed by atoms with van der Waals surface area (Å²) in [5.74, 6) is -0.133. The highest BCUT2D eigenvalue weighted by Crippen LogP contribution is 2.38. The zero-order valence-electron chi connectivity index (χ0n) is 15.2. The number of carbonyl (C=O) groups is 2. The topological polar surface area (TPSA) is 86.3 Å². The summed E-state index contributed by atoms with van der Waals surface area (Å²) < 4.78 is 16.2. The Hall–Kier alpha value is -1.38. The number of hydrogen-bond donors (Lipinski definition) is 1. The van der Waals surface area contributed by atoms with E-state index in [1.807, 2.05) is 0 Å². The molecule has 1 heterocycles. The zero-order chi connectivity index (χ0) is 18.1. The van der Waals surface area contributed by atoms with Gasteiger partial charge < -0.3 is 19.5 Å². The third-order valence-corrected chi connectivity index (χ3v) is 4.31. The van der Waals surface area contributed by atoms with Gasteiger partial charge in [0.25, 0.3) is 5.91 Å². The van der Waals surface area contributed by atoms with Gasteiger partial charge in [-0.05, 0) is 34.1 Å². The Labute approximate surface area is 142 Å². The lowest BCUT2D eigenvalue weighted by Crippen LogP contribution is -2.54. The van der Waals surface area contributed by atoms with Crippen LogP contribution < -0.4 is 5.32 Å². The van der Waals surface area contributed by atoms with E-state index in [9.17, 15) is 9.59 Å². The lowest BCUT2D eigenvalue weighted by molar-refractivity contribution is -0.223. The predicted molar refractivity (Wildman–Crippen MR) is 85.1 cm³/mol. The minimum Gasteiger partial charge on any atom is -0.444 e. The van der Waals surface area contributed by atoms with E-state index in [1.165, 1.54) is 5.06 Å². The first-order valence-corrected chi connectivity index (χ1v) is 8.19. The third-order valence-electron chi connectivity index (χ3n) is 4.31. The lowest BCUT2D eigenvalue weighted by Gasteiger charge is -2.35. The number of nitrogens with one attached hydrogen (secondary N) is 1. The molecule has 8 heteroatoms. The molecule has 2 fully saturated rings. The van der Waals surface area contributed by atoms with Crippen LogP contribution in [0, 0.1) is 5.92 Å². The first-order valence-electron chi connectivity index (χ1n) is 8.19. The monoisotopic (exact) mass is 344 g/mol. The molecule has 0 radical (unpaired) electrons. The van der Waals surface area contributed by atoms with Gasteiger partial charge in [0, 0.05) is 20.1 Å². The molecule has 5 unspecified atom stereocenters. The van der Waals surface area contributed by atoms with Crippen LogP contribution in [0.4, 0.5) is 4.79 Å². The van der Waals surface area contributed by atoms with Crippen LogP contribution >= 0.6 is 0 Å². The van der Waals surface area contributed by atoms with Crippen molar-refractivity contribution in [3.05, 3.63) is 0 Å². The van der Waals surface area contributed by atoms with Gasteiger partial charge in [0.05, 0.1) is 18.8 Å². The Kier molecular flexibility index (Phi) is 5.72. The first-order chi connectivity index (χ1) is 11.2. The normalized spacial score (nSPS) is 30.8. The van der Waals surface area contributed by atoms with Crippen molar-refractivity contribution in [3.63, 3.8) is 0 Å². The number of ether oxygens (including phenoxy) is 3. The molecule has 1 aliphatic heterocycles. The smallest absolute Gasteiger partial charge is 0.408 e. The number of fused-ring (bicyclic) bond motifs is 2. The van der Waals surface area contributed by atoms with E-state index in [2.05, 4.69) is 5.32 Å². The van der Waals surface area contributed by atoms with Gasteiger partial charge in [0.2, 0.25) is 0 Å². The molecule has 138 valence electrons. The van der Waals surface area contributed by atoms with E-state index in [1.54, 1.807) is 41.9 Å². The number of alkyl carbamates (subject to hydrolysis) is 1. The summed E-state index contributed by atoms with van der Waals surface area (Å²) in [5, 5.41) is 3.87. The van der Waals surface area contributed by atoms with Crippen molar-refractivity contribution in [2.45, 2.75) is 64.0 Å². The fourth-order valence-corrected chi connectivity index (χ4v) is 3.31. The highest BCUT2D eigenvalue weighted by molar-refractivity contribution is 5.85. The Morgan fingerprint density at radius 2 is 1.83 bits per heavy atom. The number of hydrogen-bond acceptors (Lipinski definition) is 6. The van der Waals surface area contributed by atoms with E-state index < -0.39 is 17.7 Å². The lowest BCUT2D eigenvalue weighted by atomic mass is 10.1. The zero-order valence-corrected chi connectivity index (χ0v) is 15.2. The standard InChI is InChI=1S/C16H28N2O6/c1-9(17-15(20)24-16(2,3)4)14(19)18-11-7-10(8-23-18)12(21-5)13(11)22-6/h9-13H,7-8H2,1-6H3,(H,17,20). The Morgan fingerprint density at radius 1 is 1.21 bits per heavy atom. The molecule has 8 nitrogen and oxygen atoms in total. The molecule has 2 amide bonds. The average Bonchev–Trinajstić information content (AvgIpc) is 2.76. The second-order valence-electron chi connectivity index (χ2n) is 7.29. The van der Waals surface area contributed by atoms with Crippen molar-refractivity contribution >= 4 is 12.0 Å². The maximum atomic E-state index is 12.7. The molecule has 2 aliphatic rings. The molecule has 5 atom stereocenters. The van der Waals surface area contributed by atoms with Gasteiger partial charge in [0.1, 0.15) is 17.7 Å². The molecule has 0 spiro atoms. The quantitative estimate of drug-likeness (QED) is 0.822. The molecule has 0 aromatic heterocycles. The van der Waals surface area contributed by atoms with Crippen molar-refractivity contribution in [1.82, 2.24) is 10.4 Å². The molecule has 0 aromatic carbocycles. The van der Waals surface area contributed by atoms with Gasteiger partial charge in [-0.1, -0.05) is 0 Å². The molecule has 2 rings (SSSR count). The van der Waals surface area contributed by atoms with Gasteiger partial charge in [-0.15, -0.1) is 0 Å². The SMILES string of the molecule is COC1C2CON(C(=O)C(C)NC(=O)OC(C)(C)C)C(C2)C1OC. The number of rotatable bonds is 4. The number of nitrogens with zero attached hydrogens (tertiary/aromatic N) is 1. The average molecular weight is 344 g/mol. The van der Waals surface area contributed by atoms with Gasteiger partial charge in [0.15, 0.2) is 0 Å². The number of methoxy groups -OCH3 is 2. The van der Waals surface area contributed by atoms with Crippen LogP contribution in [-0.4, -0.2) is 67.8 Å². The van der Waals surface area contributed by atoms with Crippen LogP contribution in [0.1, 0.15) is 34.1 Å². The summed E-state index contributed by atoms with van der Waals surface area (Å²) in [5.41, 5.74) is -0.625. The van der Waals surface area contributed by atoms with Crippen LogP contribution in [-0.2, 0) is 23.8 Å². The van der Waals surface area contributed by atoms with Gasteiger partial charge in [-0.3, -0.25) is 9.63 Å². The van der Waals surface area contributed by atoms with Crippen LogP contribution in [0.2, 0.25) is 0 Å². The maximum absolute atomic E-state index is 12.7. The minimum absolute atomic E-state index is 0.105. The second-order valence-corrected chi connectivity index (χ2v) is 7.29. The van der Waals surface area contributed by atoms with Crippen molar-refractivity contribution in [1.29, 1.82) is 0 Å². The van der Waals surface area contributed by atoms with E-state index in [-0.39, 0.29) is 30.1 Å². The summed E-state index contributed by atoms with van der Waals surface area (Å²) in [4.78, 5) is 30.1. The van der Waals surface area contributed by atoms with Crippen LogP contribution in [0.25, 0.3) is 0 Å². The molecule has 0 aromatic rings. The summed E-state index contributed by atoms with van der Waals surface area (Å²) in [6, 6.07) is -0.996. The van der Waals surface area contributed by atoms with Crippen molar-refractivity contribution in [2.24, 2.45) is 5.92 Å². The maximum Gasteiger partial charge on any atom is 0.408 e. The fraction of sp³-hybridized carbons (Fsp3) is 0.875. The van der Waals surface area contributed by atoms with Crippen LogP contribution in [0.3, 0.4) is 0 Å². The van der Waals surface area contributed by atoms with Gasteiger partial charge >= 0.3 is 6.09 Å². The molecular weight excluding hydrogens is 316 g/mol. The summed E-state index contributed by atoms with van der Waals surface area (Å²) in [6.07, 6.45) is -0.239. The van der Waals surface area contributed by atoms with Crippen molar-refractivity contribution in [2.75, 3.05) is 20.8 Å². The molecular formula is C16H28N2O6. The third kappa shape index (κ3) is 3.99. The summed E-state index contributed by atoms with van der Waals surface area (Å²) in [7, 11) is 3.23. The highest BCUT2D eigenvalue weighted by atomic mass is 16.7. The van der Waals surface area contributed by atoms with Gasteiger partial charge in [-0.2, -0.15) is 0 Å². The molecule has 1 saturated carbocycles. The largest absolute Gasteiger partial charge is 0.444 e. The Morgan fingerprint density at radius 3 is 2.38 bits per heavy atom. The van der Waals surface area contributed by atoms with E-state index in [4.69, 9.17) is 19.0 Å². The number of hydroxylamine groups is 2. The second kappa shape index (κ2) is 7.25. The fourth-order valence-electron chi connectivity index (χ4n) is 3.31. The van der Waals surface area contributed by atoms with Gasteiger partial charge in [-0.25, -0.2) is 9.86 Å². The number of carbonyl (C=O) groups excluding carboxylic acids is 2. The van der Waals surface area contributed by atoms with Crippen molar-refractivity contribution in [3.8, 4) is 0 Å². The number of amides is 2. The molecule has 2 bridgehead atoms. The predicted octanol–water partition coefficient (Wildman–Crippen LogP) is 1.09. The molecule has 1 aliphatic carbocycles. The van der Waals surface area contributed by atoms with E-state index >= 15 is 0 Å². The Bertz CT molecular complexity index is 478. The first kappa shape index (κ1) is 19.0. The molecule has 1 N–H and O–H groups in total. The van der Waals surface area contributed by atoms with Crippen LogP contribution in [0.5, 0.6) is 0 Å².